The number of hydrogen-bond donors (Lipinski definition) is 0. The van der Waals surface area contributed by atoms with E-state index in [4.69, 9.17) is 23.8 Å². The van der Waals surface area contributed by atoms with Crippen LogP contribution in [0.25, 0.3) is 0 Å². The average molecular weight is 273 g/mol. The molecule has 5 heteroatoms. The van der Waals surface area contributed by atoms with Crippen molar-refractivity contribution in [3.8, 4) is 0 Å². The summed E-state index contributed by atoms with van der Waals surface area (Å²) >= 11 is 12.8. The van der Waals surface area contributed by atoms with Gasteiger partial charge in [0.2, 0.25) is 0 Å². The molecule has 86 valence electrons. The van der Waals surface area contributed by atoms with Gasteiger partial charge in [-0.05, 0) is 24.5 Å². The summed E-state index contributed by atoms with van der Waals surface area (Å²) in [6, 6.07) is 3.81. The monoisotopic (exact) mass is 272 g/mol. The van der Waals surface area contributed by atoms with Crippen LogP contribution in [-0.2, 0) is 5.75 Å². The molecule has 0 N–H and O–H groups in total. The Hall–Kier alpha value is -0.320. The molecule has 1 aliphatic heterocycles. The first-order chi connectivity index (χ1) is 7.75. The van der Waals surface area contributed by atoms with Gasteiger partial charge in [0.1, 0.15) is 9.47 Å². The fraction of sp³-hybridized carbons (Fsp3) is 0.455. The molecule has 0 bridgehead atoms. The summed E-state index contributed by atoms with van der Waals surface area (Å²) in [5.41, 5.74) is 1.16. The highest BCUT2D eigenvalue weighted by atomic mass is 35.5. The fourth-order valence-electron chi connectivity index (χ4n) is 1.63. The number of pyridine rings is 1. The predicted molar refractivity (Wildman–Crippen MR) is 73.9 cm³/mol. The first kappa shape index (κ1) is 12.1. The summed E-state index contributed by atoms with van der Waals surface area (Å²) < 4.78 is 1.01. The van der Waals surface area contributed by atoms with Crippen molar-refractivity contribution in [2.24, 2.45) is 0 Å². The van der Waals surface area contributed by atoms with E-state index in [1.807, 2.05) is 18.3 Å². The SMILES string of the molecule is S=C(SCc1ccc(Cl)nc1)N1CCCC1. The van der Waals surface area contributed by atoms with Crippen LogP contribution < -0.4 is 0 Å². The summed E-state index contributed by atoms with van der Waals surface area (Å²) in [5.74, 6) is 0.875. The second-order valence-corrected chi connectivity index (χ2v) is 5.73. The van der Waals surface area contributed by atoms with Gasteiger partial charge in [-0.25, -0.2) is 4.98 Å². The van der Waals surface area contributed by atoms with Crippen LogP contribution in [0.5, 0.6) is 0 Å². The van der Waals surface area contributed by atoms with E-state index in [0.29, 0.717) is 5.15 Å². The van der Waals surface area contributed by atoms with Crippen molar-refractivity contribution < 1.29 is 0 Å². The Labute approximate surface area is 110 Å². The van der Waals surface area contributed by atoms with Gasteiger partial charge in [-0.15, -0.1) is 0 Å². The van der Waals surface area contributed by atoms with Gasteiger partial charge in [0.05, 0.1) is 0 Å². The molecule has 16 heavy (non-hydrogen) atoms. The fourth-order valence-corrected chi connectivity index (χ4v) is 2.93. The normalized spacial score (nSPS) is 15.4. The van der Waals surface area contributed by atoms with Crippen molar-refractivity contribution in [3.63, 3.8) is 0 Å². The molecule has 1 fully saturated rings. The Balaban J connectivity index is 1.82. The van der Waals surface area contributed by atoms with Gasteiger partial charge in [-0.2, -0.15) is 0 Å². The zero-order valence-corrected chi connectivity index (χ0v) is 11.2. The summed E-state index contributed by atoms with van der Waals surface area (Å²) in [4.78, 5) is 6.33. The van der Waals surface area contributed by atoms with Gasteiger partial charge in [0.15, 0.2) is 0 Å². The highest BCUT2D eigenvalue weighted by Gasteiger charge is 2.14. The minimum Gasteiger partial charge on any atom is -0.358 e. The van der Waals surface area contributed by atoms with Gasteiger partial charge in [-0.3, -0.25) is 0 Å². The maximum absolute atomic E-state index is 5.73. The first-order valence-electron chi connectivity index (χ1n) is 5.28. The van der Waals surface area contributed by atoms with E-state index in [0.717, 1.165) is 28.7 Å². The lowest BCUT2D eigenvalue weighted by Gasteiger charge is -2.17. The summed E-state index contributed by atoms with van der Waals surface area (Å²) in [5, 5.41) is 0.538. The van der Waals surface area contributed by atoms with Crippen LogP contribution in [-0.4, -0.2) is 27.3 Å². The molecule has 1 aromatic heterocycles. The highest BCUT2D eigenvalue weighted by molar-refractivity contribution is 8.22. The summed E-state index contributed by atoms with van der Waals surface area (Å²) in [6.45, 7) is 2.23. The Morgan fingerprint density at radius 1 is 1.44 bits per heavy atom. The van der Waals surface area contributed by atoms with E-state index in [-0.39, 0.29) is 0 Å². The van der Waals surface area contributed by atoms with Crippen molar-refractivity contribution in [1.29, 1.82) is 0 Å². The van der Waals surface area contributed by atoms with Crippen molar-refractivity contribution in [2.45, 2.75) is 18.6 Å². The Bertz CT molecular complexity index is 361. The zero-order valence-electron chi connectivity index (χ0n) is 8.86. The van der Waals surface area contributed by atoms with Gasteiger partial charge in [0.25, 0.3) is 0 Å². The molecule has 0 saturated carbocycles. The maximum Gasteiger partial charge on any atom is 0.136 e. The number of aromatic nitrogens is 1. The maximum atomic E-state index is 5.73. The second kappa shape index (κ2) is 5.84. The lowest BCUT2D eigenvalue weighted by molar-refractivity contribution is 0.539. The molecular formula is C11H13ClN2S2. The van der Waals surface area contributed by atoms with Crippen LogP contribution in [0.15, 0.2) is 18.3 Å². The number of rotatable bonds is 2. The lowest BCUT2D eigenvalue weighted by Crippen LogP contribution is -2.23. The quantitative estimate of drug-likeness (QED) is 0.606. The number of likely N-dealkylation sites (tertiary alicyclic amines) is 1. The number of hydrogen-bond acceptors (Lipinski definition) is 3. The predicted octanol–water partition coefficient (Wildman–Crippen LogP) is 3.35. The van der Waals surface area contributed by atoms with Crippen LogP contribution in [0.1, 0.15) is 18.4 Å². The van der Waals surface area contributed by atoms with E-state index < -0.39 is 0 Å². The molecule has 2 nitrogen and oxygen atoms in total. The lowest BCUT2D eigenvalue weighted by atomic mass is 10.3. The van der Waals surface area contributed by atoms with E-state index in [1.54, 1.807) is 11.8 Å². The van der Waals surface area contributed by atoms with Gasteiger partial charge in [0, 0.05) is 25.0 Å². The van der Waals surface area contributed by atoms with Crippen molar-refractivity contribution in [3.05, 3.63) is 29.0 Å². The van der Waals surface area contributed by atoms with Crippen LogP contribution in [0.3, 0.4) is 0 Å². The van der Waals surface area contributed by atoms with Crippen LogP contribution in [0.2, 0.25) is 5.15 Å². The van der Waals surface area contributed by atoms with Crippen LogP contribution in [0.4, 0.5) is 0 Å². The molecule has 0 unspecified atom stereocenters. The van der Waals surface area contributed by atoms with Gasteiger partial charge >= 0.3 is 0 Å². The molecular weight excluding hydrogens is 260 g/mol. The molecule has 2 rings (SSSR count). The Morgan fingerprint density at radius 3 is 2.81 bits per heavy atom. The smallest absolute Gasteiger partial charge is 0.136 e. The molecule has 1 saturated heterocycles. The van der Waals surface area contributed by atoms with E-state index in [1.165, 1.54) is 12.8 Å². The van der Waals surface area contributed by atoms with Crippen molar-refractivity contribution >= 4 is 39.9 Å². The minimum atomic E-state index is 0.538. The van der Waals surface area contributed by atoms with Crippen LogP contribution >= 0.6 is 35.6 Å². The zero-order chi connectivity index (χ0) is 11.4. The minimum absolute atomic E-state index is 0.538. The molecule has 0 aromatic carbocycles. The number of thiocarbonyl (C=S) groups is 1. The molecule has 2 heterocycles. The van der Waals surface area contributed by atoms with Gasteiger partial charge in [-0.1, -0.05) is 41.6 Å². The van der Waals surface area contributed by atoms with Crippen molar-refractivity contribution in [2.75, 3.05) is 13.1 Å². The molecule has 1 aliphatic rings. The van der Waals surface area contributed by atoms with Gasteiger partial charge < -0.3 is 4.90 Å². The van der Waals surface area contributed by atoms with E-state index in [2.05, 4.69) is 9.88 Å². The third-order valence-electron chi connectivity index (χ3n) is 2.52. The topological polar surface area (TPSA) is 16.1 Å². The number of nitrogens with zero attached hydrogens (tertiary/aromatic N) is 2. The summed E-state index contributed by atoms with van der Waals surface area (Å²) in [7, 11) is 0. The van der Waals surface area contributed by atoms with E-state index in [9.17, 15) is 0 Å². The largest absolute Gasteiger partial charge is 0.358 e. The number of halogens is 1. The third kappa shape index (κ3) is 3.34. The van der Waals surface area contributed by atoms with E-state index >= 15 is 0 Å². The third-order valence-corrected chi connectivity index (χ3v) is 4.33. The van der Waals surface area contributed by atoms with Crippen molar-refractivity contribution in [1.82, 2.24) is 9.88 Å². The molecule has 1 aromatic rings. The molecule has 0 atom stereocenters. The Kier molecular flexibility index (Phi) is 4.44. The molecule has 0 aliphatic carbocycles. The first-order valence-corrected chi connectivity index (χ1v) is 7.05. The molecule has 0 radical (unpaired) electrons. The molecule has 0 amide bonds. The van der Waals surface area contributed by atoms with Crippen LogP contribution in [0, 0.1) is 0 Å². The number of thioether (sulfide) groups is 1. The second-order valence-electron chi connectivity index (χ2n) is 3.74. The Morgan fingerprint density at radius 2 is 2.19 bits per heavy atom. The molecule has 0 spiro atoms. The highest BCUT2D eigenvalue weighted by Crippen LogP contribution is 2.20. The standard InChI is InChI=1S/C11H13ClN2S2/c12-10-4-3-9(7-13-10)8-16-11(15)14-5-1-2-6-14/h3-4,7H,1-2,5-6,8H2. The average Bonchev–Trinajstić information content (AvgIpc) is 2.81. The summed E-state index contributed by atoms with van der Waals surface area (Å²) in [6.07, 6.45) is 4.34.